The highest BCUT2D eigenvalue weighted by molar-refractivity contribution is 6.34. The molecule has 0 unspecified atom stereocenters. The van der Waals surface area contributed by atoms with E-state index in [1.54, 1.807) is 25.1 Å². The number of hydrogen-bond acceptors (Lipinski definition) is 2. The Hall–Kier alpha value is -2.07. The molecule has 0 spiro atoms. The molecular weight excluding hydrogens is 267 g/mol. The van der Waals surface area contributed by atoms with E-state index in [1.807, 2.05) is 0 Å². The zero-order chi connectivity index (χ0) is 14.0. The maximum atomic E-state index is 13.0. The normalized spacial score (nSPS) is 10.3. The summed E-state index contributed by atoms with van der Waals surface area (Å²) in [7, 11) is 0. The molecule has 1 amide bonds. The summed E-state index contributed by atoms with van der Waals surface area (Å²) < 4.78 is 13.0. The lowest BCUT2D eigenvalue weighted by Crippen LogP contribution is -2.14. The fourth-order valence-corrected chi connectivity index (χ4v) is 1.87. The fourth-order valence-electron chi connectivity index (χ4n) is 1.71. The largest absolute Gasteiger partial charge is 0.399 e. The van der Waals surface area contributed by atoms with E-state index in [4.69, 9.17) is 17.3 Å². The Morgan fingerprint density at radius 1 is 1.26 bits per heavy atom. The van der Waals surface area contributed by atoms with E-state index in [2.05, 4.69) is 5.32 Å². The van der Waals surface area contributed by atoms with Crippen molar-refractivity contribution in [1.82, 2.24) is 0 Å². The van der Waals surface area contributed by atoms with Crippen molar-refractivity contribution in [3.8, 4) is 0 Å². The van der Waals surface area contributed by atoms with Gasteiger partial charge < -0.3 is 11.1 Å². The minimum atomic E-state index is -0.379. The number of amides is 1. The first kappa shape index (κ1) is 13.4. The average molecular weight is 279 g/mol. The fraction of sp³-hybridized carbons (Fsp3) is 0.0714. The minimum absolute atomic E-state index is 0.356. The number of nitrogens with one attached hydrogen (secondary N) is 1. The van der Waals surface area contributed by atoms with Crippen LogP contribution in [-0.2, 0) is 0 Å². The highest BCUT2D eigenvalue weighted by Crippen LogP contribution is 2.25. The molecule has 0 saturated heterocycles. The number of nitrogens with two attached hydrogens (primary N) is 1. The Morgan fingerprint density at radius 3 is 2.68 bits per heavy atom. The maximum Gasteiger partial charge on any atom is 0.255 e. The van der Waals surface area contributed by atoms with Gasteiger partial charge in [-0.2, -0.15) is 0 Å². The molecule has 0 heterocycles. The van der Waals surface area contributed by atoms with Crippen molar-refractivity contribution in [2.75, 3.05) is 11.1 Å². The van der Waals surface area contributed by atoms with Gasteiger partial charge in [0.1, 0.15) is 5.82 Å². The second kappa shape index (κ2) is 5.28. The third-order valence-electron chi connectivity index (χ3n) is 2.67. The number of halogens is 2. The monoisotopic (exact) mass is 278 g/mol. The van der Waals surface area contributed by atoms with Gasteiger partial charge in [-0.25, -0.2) is 4.39 Å². The minimum Gasteiger partial charge on any atom is -0.399 e. The van der Waals surface area contributed by atoms with Crippen molar-refractivity contribution in [1.29, 1.82) is 0 Å². The van der Waals surface area contributed by atoms with E-state index in [9.17, 15) is 9.18 Å². The zero-order valence-electron chi connectivity index (χ0n) is 10.2. The lowest BCUT2D eigenvalue weighted by Gasteiger charge is -2.09. The predicted octanol–water partition coefficient (Wildman–Crippen LogP) is 3.62. The molecule has 5 heteroatoms. The molecule has 0 aliphatic heterocycles. The van der Waals surface area contributed by atoms with Crippen LogP contribution in [0.2, 0.25) is 5.02 Å². The van der Waals surface area contributed by atoms with Crippen LogP contribution in [0.5, 0.6) is 0 Å². The molecule has 0 aliphatic carbocycles. The summed E-state index contributed by atoms with van der Waals surface area (Å²) >= 11 is 5.96. The molecule has 3 N–H and O–H groups in total. The molecule has 0 fully saturated rings. The van der Waals surface area contributed by atoms with Gasteiger partial charge in [0.05, 0.1) is 10.7 Å². The number of hydrogen-bond donors (Lipinski definition) is 2. The third kappa shape index (κ3) is 3.03. The van der Waals surface area contributed by atoms with Crippen LogP contribution in [0.4, 0.5) is 15.8 Å². The van der Waals surface area contributed by atoms with Gasteiger partial charge >= 0.3 is 0 Å². The Balaban J connectivity index is 2.28. The van der Waals surface area contributed by atoms with Crippen molar-refractivity contribution in [3.05, 3.63) is 58.4 Å². The topological polar surface area (TPSA) is 55.1 Å². The van der Waals surface area contributed by atoms with Crippen LogP contribution in [0.25, 0.3) is 0 Å². The summed E-state index contributed by atoms with van der Waals surface area (Å²) in [6, 6.07) is 8.78. The molecular formula is C14H12ClFN2O. The maximum absolute atomic E-state index is 13.0. The number of rotatable bonds is 2. The lowest BCUT2D eigenvalue weighted by molar-refractivity contribution is 0.102. The van der Waals surface area contributed by atoms with Gasteiger partial charge in [-0.3, -0.25) is 4.79 Å². The SMILES string of the molecule is Cc1cc(F)ccc1C(=O)Nc1cc(N)ccc1Cl. The highest BCUT2D eigenvalue weighted by atomic mass is 35.5. The smallest absolute Gasteiger partial charge is 0.255 e. The molecule has 19 heavy (non-hydrogen) atoms. The quantitative estimate of drug-likeness (QED) is 0.824. The Kier molecular flexibility index (Phi) is 3.71. The van der Waals surface area contributed by atoms with Crippen LogP contribution >= 0.6 is 11.6 Å². The number of carbonyl (C=O) groups excluding carboxylic acids is 1. The van der Waals surface area contributed by atoms with Crippen LogP contribution in [0.15, 0.2) is 36.4 Å². The third-order valence-corrected chi connectivity index (χ3v) is 3.00. The van der Waals surface area contributed by atoms with Gasteiger partial charge in [0.15, 0.2) is 0 Å². The van der Waals surface area contributed by atoms with Crippen molar-refractivity contribution >= 4 is 28.9 Å². The Morgan fingerprint density at radius 2 is 2.00 bits per heavy atom. The predicted molar refractivity (Wildman–Crippen MR) is 75.0 cm³/mol. The molecule has 3 nitrogen and oxygen atoms in total. The Bertz CT molecular complexity index is 643. The van der Waals surface area contributed by atoms with Crippen LogP contribution < -0.4 is 11.1 Å². The van der Waals surface area contributed by atoms with Gasteiger partial charge in [0.25, 0.3) is 5.91 Å². The molecule has 0 saturated carbocycles. The lowest BCUT2D eigenvalue weighted by atomic mass is 10.1. The first-order chi connectivity index (χ1) is 8.97. The summed E-state index contributed by atoms with van der Waals surface area (Å²) in [6.45, 7) is 1.67. The van der Waals surface area contributed by atoms with E-state index in [-0.39, 0.29) is 11.7 Å². The molecule has 0 aromatic heterocycles. The Labute approximate surface area is 115 Å². The van der Waals surface area contributed by atoms with Crippen molar-refractivity contribution in [2.45, 2.75) is 6.92 Å². The average Bonchev–Trinajstić information content (AvgIpc) is 2.33. The van der Waals surface area contributed by atoms with E-state index >= 15 is 0 Å². The standard InChI is InChI=1S/C14H12ClFN2O/c1-8-6-9(16)2-4-11(8)14(19)18-13-7-10(17)3-5-12(13)15/h2-7H,17H2,1H3,(H,18,19). The van der Waals surface area contributed by atoms with E-state index in [1.165, 1.54) is 18.2 Å². The molecule has 0 atom stereocenters. The van der Waals surface area contributed by atoms with Gasteiger partial charge in [0, 0.05) is 11.3 Å². The van der Waals surface area contributed by atoms with Gasteiger partial charge in [-0.05, 0) is 48.9 Å². The molecule has 98 valence electrons. The van der Waals surface area contributed by atoms with Crippen LogP contribution in [-0.4, -0.2) is 5.91 Å². The van der Waals surface area contributed by atoms with E-state index in [0.717, 1.165) is 0 Å². The summed E-state index contributed by atoms with van der Waals surface area (Å²) in [5.74, 6) is -0.735. The second-order valence-corrected chi connectivity index (χ2v) is 4.56. The zero-order valence-corrected chi connectivity index (χ0v) is 11.0. The number of carbonyl (C=O) groups is 1. The van der Waals surface area contributed by atoms with Crippen molar-refractivity contribution in [3.63, 3.8) is 0 Å². The first-order valence-corrected chi connectivity index (χ1v) is 5.97. The highest BCUT2D eigenvalue weighted by Gasteiger charge is 2.11. The first-order valence-electron chi connectivity index (χ1n) is 5.60. The van der Waals surface area contributed by atoms with Crippen molar-refractivity contribution < 1.29 is 9.18 Å². The van der Waals surface area contributed by atoms with E-state index < -0.39 is 0 Å². The molecule has 2 aromatic rings. The van der Waals surface area contributed by atoms with Gasteiger partial charge in [0.2, 0.25) is 0 Å². The summed E-state index contributed by atoms with van der Waals surface area (Å²) in [6.07, 6.45) is 0. The number of anilines is 2. The summed E-state index contributed by atoms with van der Waals surface area (Å²) in [5.41, 5.74) is 7.50. The van der Waals surface area contributed by atoms with Crippen LogP contribution in [0.1, 0.15) is 15.9 Å². The molecule has 0 aliphatic rings. The number of benzene rings is 2. The van der Waals surface area contributed by atoms with E-state index in [0.29, 0.717) is 27.5 Å². The molecule has 2 rings (SSSR count). The van der Waals surface area contributed by atoms with Crippen LogP contribution in [0.3, 0.4) is 0 Å². The number of aryl methyl sites for hydroxylation is 1. The van der Waals surface area contributed by atoms with Crippen molar-refractivity contribution in [2.24, 2.45) is 0 Å². The van der Waals surface area contributed by atoms with Gasteiger partial charge in [-0.1, -0.05) is 11.6 Å². The molecule has 0 bridgehead atoms. The van der Waals surface area contributed by atoms with Crippen LogP contribution in [0, 0.1) is 12.7 Å². The van der Waals surface area contributed by atoms with Gasteiger partial charge in [-0.15, -0.1) is 0 Å². The summed E-state index contributed by atoms with van der Waals surface area (Å²) in [5, 5.41) is 3.05. The molecule has 0 radical (unpaired) electrons. The summed E-state index contributed by atoms with van der Waals surface area (Å²) in [4.78, 5) is 12.1. The number of nitrogen functional groups attached to an aromatic ring is 1. The molecule has 2 aromatic carbocycles. The second-order valence-electron chi connectivity index (χ2n) is 4.15.